The summed E-state index contributed by atoms with van der Waals surface area (Å²) in [5, 5.41) is 0. The van der Waals surface area contributed by atoms with Gasteiger partial charge in [0.1, 0.15) is 0 Å². The minimum Gasteiger partial charge on any atom is -0.379 e. The smallest absolute Gasteiger partial charge is 0.379 e. The van der Waals surface area contributed by atoms with Crippen molar-refractivity contribution in [2.45, 2.75) is 17.1 Å². The highest BCUT2D eigenvalue weighted by Crippen LogP contribution is 2.30. The molecule has 0 saturated carbocycles. The van der Waals surface area contributed by atoms with Gasteiger partial charge in [0.15, 0.2) is 0 Å². The van der Waals surface area contributed by atoms with Crippen molar-refractivity contribution in [3.05, 3.63) is 65.7 Å². The van der Waals surface area contributed by atoms with E-state index in [1.165, 1.54) is 0 Å². The molecule has 0 radical (unpaired) electrons. The number of benzene rings is 2. The number of nitrogens with zero attached hydrogens (tertiary/aromatic N) is 1. The van der Waals surface area contributed by atoms with Crippen molar-refractivity contribution in [2.24, 2.45) is 0 Å². The number of ether oxygens (including phenoxy) is 1. The average Bonchev–Trinajstić information content (AvgIpc) is 2.68. The third-order valence-electron chi connectivity index (χ3n) is 4.54. The van der Waals surface area contributed by atoms with Gasteiger partial charge in [-0.15, -0.1) is 0 Å². The fraction of sp³-hybridized carbons (Fsp3) is 0.368. The number of morpholine rings is 1. The van der Waals surface area contributed by atoms with E-state index in [-0.39, 0.29) is 4.90 Å². The first-order chi connectivity index (χ1) is 13.3. The second kappa shape index (κ2) is 8.60. The average molecular weight is 414 g/mol. The van der Waals surface area contributed by atoms with Crippen LogP contribution in [0.15, 0.2) is 59.5 Å². The van der Waals surface area contributed by atoms with Crippen LogP contribution in [0.4, 0.5) is 13.2 Å². The van der Waals surface area contributed by atoms with Crippen LogP contribution in [0.2, 0.25) is 0 Å². The maximum Gasteiger partial charge on any atom is 0.416 e. The number of alkyl halides is 3. The van der Waals surface area contributed by atoms with E-state index >= 15 is 0 Å². The minimum absolute atomic E-state index is 0.205. The summed E-state index contributed by atoms with van der Waals surface area (Å²) < 4.78 is 71.7. The maximum absolute atomic E-state index is 12.8. The lowest BCUT2D eigenvalue weighted by Gasteiger charge is -2.31. The fourth-order valence-corrected chi connectivity index (χ4v) is 4.23. The number of rotatable bonds is 6. The molecule has 1 N–H and O–H groups in total. The number of sulfonamides is 1. The topological polar surface area (TPSA) is 58.6 Å². The number of halogens is 3. The predicted molar refractivity (Wildman–Crippen MR) is 98.2 cm³/mol. The van der Waals surface area contributed by atoms with Crippen LogP contribution >= 0.6 is 0 Å². The zero-order valence-corrected chi connectivity index (χ0v) is 15.8. The van der Waals surface area contributed by atoms with Gasteiger partial charge in [-0.05, 0) is 29.8 Å². The molecule has 0 amide bonds. The lowest BCUT2D eigenvalue weighted by molar-refractivity contribution is -0.137. The molecule has 1 heterocycles. The second-order valence-electron chi connectivity index (χ2n) is 6.52. The van der Waals surface area contributed by atoms with Gasteiger partial charge in [0.25, 0.3) is 0 Å². The number of hydrogen-bond acceptors (Lipinski definition) is 4. The van der Waals surface area contributed by atoms with E-state index in [1.807, 2.05) is 30.3 Å². The highest BCUT2D eigenvalue weighted by atomic mass is 32.2. The zero-order chi connectivity index (χ0) is 20.2. The maximum atomic E-state index is 12.8. The van der Waals surface area contributed by atoms with E-state index in [2.05, 4.69) is 9.62 Å². The second-order valence-corrected chi connectivity index (χ2v) is 8.23. The van der Waals surface area contributed by atoms with E-state index < -0.39 is 27.8 Å². The lowest BCUT2D eigenvalue weighted by Crippen LogP contribution is -2.43. The molecule has 1 aliphatic heterocycles. The van der Waals surface area contributed by atoms with E-state index in [9.17, 15) is 21.6 Å². The summed E-state index contributed by atoms with van der Waals surface area (Å²) in [7, 11) is -4.00. The van der Waals surface area contributed by atoms with Gasteiger partial charge in [-0.3, -0.25) is 4.90 Å². The molecule has 28 heavy (non-hydrogen) atoms. The first-order valence-electron chi connectivity index (χ1n) is 8.80. The Labute approximate surface area is 162 Å². The molecular weight excluding hydrogens is 393 g/mol. The Morgan fingerprint density at radius 3 is 2.18 bits per heavy atom. The molecular formula is C19H21F3N2O3S. The Hall–Kier alpha value is -1.94. The molecule has 1 saturated heterocycles. The minimum atomic E-state index is -4.52. The number of hydrogen-bond donors (Lipinski definition) is 1. The SMILES string of the molecule is O=S(=O)(N[C@@H](CN1CCOCC1)c1ccccc1)c1ccc(C(F)(F)F)cc1. The normalized spacial score (nSPS) is 17.4. The van der Waals surface area contributed by atoms with E-state index in [0.29, 0.717) is 32.8 Å². The standard InChI is InChI=1S/C19H21F3N2O3S/c20-19(21,22)16-6-8-17(9-7-16)28(25,26)23-18(15-4-2-1-3-5-15)14-24-10-12-27-13-11-24/h1-9,18,23H,10-14H2/t18-/m0/s1. The van der Waals surface area contributed by atoms with Gasteiger partial charge in [0.05, 0.1) is 29.7 Å². The quantitative estimate of drug-likeness (QED) is 0.790. The fourth-order valence-electron chi connectivity index (χ4n) is 3.02. The zero-order valence-electron chi connectivity index (χ0n) is 15.0. The van der Waals surface area contributed by atoms with Crippen molar-refractivity contribution in [3.8, 4) is 0 Å². The Balaban J connectivity index is 1.82. The van der Waals surface area contributed by atoms with E-state index in [4.69, 9.17) is 4.74 Å². The van der Waals surface area contributed by atoms with Crippen molar-refractivity contribution in [1.29, 1.82) is 0 Å². The molecule has 0 aromatic heterocycles. The molecule has 3 rings (SSSR count). The molecule has 0 unspecified atom stereocenters. The van der Waals surface area contributed by atoms with Crippen LogP contribution in [0, 0.1) is 0 Å². The molecule has 0 spiro atoms. The van der Waals surface area contributed by atoms with Crippen LogP contribution in [-0.2, 0) is 20.9 Å². The van der Waals surface area contributed by atoms with Crippen LogP contribution in [-0.4, -0.2) is 46.2 Å². The van der Waals surface area contributed by atoms with Gasteiger partial charge < -0.3 is 4.74 Å². The summed E-state index contributed by atoms with van der Waals surface area (Å²) in [5.41, 5.74) is -0.108. The van der Waals surface area contributed by atoms with Crippen molar-refractivity contribution in [2.75, 3.05) is 32.8 Å². The van der Waals surface area contributed by atoms with E-state index in [1.54, 1.807) is 0 Å². The largest absolute Gasteiger partial charge is 0.416 e. The van der Waals surface area contributed by atoms with Crippen LogP contribution in [0.1, 0.15) is 17.2 Å². The number of nitrogens with one attached hydrogen (secondary N) is 1. The summed E-state index contributed by atoms with van der Waals surface area (Å²) >= 11 is 0. The van der Waals surface area contributed by atoms with Crippen molar-refractivity contribution >= 4 is 10.0 Å². The highest BCUT2D eigenvalue weighted by molar-refractivity contribution is 7.89. The molecule has 1 aliphatic rings. The molecule has 1 fully saturated rings. The lowest BCUT2D eigenvalue weighted by atomic mass is 10.1. The van der Waals surface area contributed by atoms with Gasteiger partial charge >= 0.3 is 6.18 Å². The third kappa shape index (κ3) is 5.32. The van der Waals surface area contributed by atoms with Gasteiger partial charge in [-0.1, -0.05) is 30.3 Å². The third-order valence-corrected chi connectivity index (χ3v) is 6.02. The van der Waals surface area contributed by atoms with Crippen LogP contribution in [0.25, 0.3) is 0 Å². The molecule has 0 bridgehead atoms. The van der Waals surface area contributed by atoms with Crippen molar-refractivity contribution < 1.29 is 26.3 Å². The Morgan fingerprint density at radius 1 is 1.00 bits per heavy atom. The molecule has 152 valence electrons. The van der Waals surface area contributed by atoms with Crippen LogP contribution in [0.5, 0.6) is 0 Å². The highest BCUT2D eigenvalue weighted by Gasteiger charge is 2.31. The molecule has 5 nitrogen and oxygen atoms in total. The van der Waals surface area contributed by atoms with E-state index in [0.717, 1.165) is 29.8 Å². The predicted octanol–water partition coefficient (Wildman–Crippen LogP) is 3.06. The summed E-state index contributed by atoms with van der Waals surface area (Å²) in [6.45, 7) is 2.96. The molecule has 2 aromatic carbocycles. The van der Waals surface area contributed by atoms with Crippen molar-refractivity contribution in [3.63, 3.8) is 0 Å². The summed E-state index contributed by atoms with van der Waals surface area (Å²) in [5.74, 6) is 0. The Morgan fingerprint density at radius 2 is 1.61 bits per heavy atom. The molecule has 0 aliphatic carbocycles. The first kappa shape index (κ1) is 20.8. The van der Waals surface area contributed by atoms with Gasteiger partial charge in [-0.25, -0.2) is 13.1 Å². The van der Waals surface area contributed by atoms with Gasteiger partial charge in [0, 0.05) is 19.6 Å². The first-order valence-corrected chi connectivity index (χ1v) is 10.3. The van der Waals surface area contributed by atoms with Gasteiger partial charge in [-0.2, -0.15) is 13.2 Å². The summed E-state index contributed by atoms with van der Waals surface area (Å²) in [6.07, 6.45) is -4.52. The molecule has 9 heteroatoms. The van der Waals surface area contributed by atoms with Crippen LogP contribution in [0.3, 0.4) is 0 Å². The summed E-state index contributed by atoms with van der Waals surface area (Å²) in [6, 6.07) is 12.1. The molecule has 2 aromatic rings. The monoisotopic (exact) mass is 414 g/mol. The summed E-state index contributed by atoms with van der Waals surface area (Å²) in [4.78, 5) is 1.89. The van der Waals surface area contributed by atoms with Crippen LogP contribution < -0.4 is 4.72 Å². The van der Waals surface area contributed by atoms with Crippen molar-refractivity contribution in [1.82, 2.24) is 9.62 Å². The van der Waals surface area contributed by atoms with Gasteiger partial charge in [0.2, 0.25) is 10.0 Å². The molecule has 1 atom stereocenters. The Kier molecular flexibility index (Phi) is 6.39. The Bertz CT molecular complexity index is 866.